The quantitative estimate of drug-likeness (QED) is 0.298. The van der Waals surface area contributed by atoms with Crippen LogP contribution in [-0.4, -0.2) is 54.2 Å². The molecular weight excluding hydrogens is 469 g/mol. The molecule has 190 valence electrons. The average Bonchev–Trinajstić information content (AvgIpc) is 3.17. The molecule has 3 atom stereocenters. The molecule has 1 aliphatic carbocycles. The van der Waals surface area contributed by atoms with Crippen molar-refractivity contribution in [3.8, 4) is 5.69 Å². The second-order valence-electron chi connectivity index (χ2n) is 9.56. The molecule has 1 fully saturated rings. The number of nitrogens with zero attached hydrogens (tertiary/aromatic N) is 5. The molecule has 13 heteroatoms. The number of rotatable bonds is 9. The van der Waals surface area contributed by atoms with E-state index < -0.39 is 29.9 Å². The number of aryl methyl sites for hydroxylation is 1. The molecule has 0 aromatic carbocycles. The predicted molar refractivity (Wildman–Crippen MR) is 130 cm³/mol. The second kappa shape index (κ2) is 9.40. The van der Waals surface area contributed by atoms with Gasteiger partial charge in [0.2, 0.25) is 0 Å². The van der Waals surface area contributed by atoms with Crippen LogP contribution in [0.5, 0.6) is 0 Å². The van der Waals surface area contributed by atoms with Gasteiger partial charge in [0.15, 0.2) is 11.6 Å². The molecule has 1 aliphatic rings. The second-order valence-corrected chi connectivity index (χ2v) is 9.56. The number of hydrogen-bond donors (Lipinski definition) is 5. The highest BCUT2D eigenvalue weighted by molar-refractivity contribution is 5.98. The summed E-state index contributed by atoms with van der Waals surface area (Å²) < 4.78 is 15.1. The minimum atomic E-state index is -1.18. The lowest BCUT2D eigenvalue weighted by molar-refractivity contribution is 0.1000. The Bertz CT molecular complexity index is 1300. The largest absolute Gasteiger partial charge is 0.465 e. The molecule has 0 saturated heterocycles. The monoisotopic (exact) mass is 497 g/mol. The number of hydrogen-bond acceptors (Lipinski definition) is 8. The Morgan fingerprint density at radius 1 is 1.25 bits per heavy atom. The van der Waals surface area contributed by atoms with Crippen LogP contribution >= 0.6 is 0 Å². The van der Waals surface area contributed by atoms with Crippen LogP contribution in [-0.2, 0) is 0 Å². The van der Waals surface area contributed by atoms with Gasteiger partial charge in [-0.15, -0.1) is 4.80 Å². The van der Waals surface area contributed by atoms with Gasteiger partial charge in [0.05, 0.1) is 41.6 Å². The number of aromatic nitrogens is 5. The molecular formula is C23H28FN9O3. The zero-order valence-corrected chi connectivity index (χ0v) is 20.3. The van der Waals surface area contributed by atoms with E-state index in [1.807, 2.05) is 0 Å². The normalized spacial score (nSPS) is 17.6. The fraction of sp³-hybridized carbons (Fsp3) is 0.391. The van der Waals surface area contributed by atoms with Crippen molar-refractivity contribution in [2.24, 2.45) is 17.1 Å². The van der Waals surface area contributed by atoms with Gasteiger partial charge in [-0.3, -0.25) is 9.78 Å². The number of carbonyl (C=O) groups excluding carboxylic acids is 1. The van der Waals surface area contributed by atoms with Crippen molar-refractivity contribution in [1.82, 2.24) is 30.3 Å². The van der Waals surface area contributed by atoms with Crippen LogP contribution in [0.1, 0.15) is 43.2 Å². The van der Waals surface area contributed by atoms with Gasteiger partial charge in [0, 0.05) is 6.04 Å². The number of carboxylic acid groups (broad SMARTS) is 1. The van der Waals surface area contributed by atoms with E-state index in [4.69, 9.17) is 5.73 Å². The van der Waals surface area contributed by atoms with Gasteiger partial charge in [-0.1, -0.05) is 13.8 Å². The molecule has 0 aliphatic heterocycles. The summed E-state index contributed by atoms with van der Waals surface area (Å²) in [5, 5.41) is 25.9. The molecule has 0 bridgehead atoms. The van der Waals surface area contributed by atoms with Gasteiger partial charge in [-0.2, -0.15) is 10.2 Å². The molecule has 12 nitrogen and oxygen atoms in total. The third-order valence-electron chi connectivity index (χ3n) is 6.41. The first kappa shape index (κ1) is 24.8. The van der Waals surface area contributed by atoms with Crippen LogP contribution in [0.2, 0.25) is 0 Å². The van der Waals surface area contributed by atoms with E-state index in [1.165, 1.54) is 23.4 Å². The number of primary amides is 1. The van der Waals surface area contributed by atoms with Crippen LogP contribution in [0.4, 0.5) is 26.5 Å². The summed E-state index contributed by atoms with van der Waals surface area (Å²) in [5.74, 6) is -1.69. The van der Waals surface area contributed by atoms with Crippen LogP contribution < -0.4 is 21.7 Å². The molecule has 3 heterocycles. The lowest BCUT2D eigenvalue weighted by Crippen LogP contribution is -2.46. The molecule has 3 aromatic heterocycles. The van der Waals surface area contributed by atoms with Crippen molar-refractivity contribution in [3.05, 3.63) is 47.8 Å². The summed E-state index contributed by atoms with van der Waals surface area (Å²) in [6, 6.07) is 1.73. The molecule has 0 spiro atoms. The van der Waals surface area contributed by atoms with Gasteiger partial charge in [0.25, 0.3) is 5.91 Å². The van der Waals surface area contributed by atoms with Crippen molar-refractivity contribution in [2.45, 2.75) is 46.2 Å². The van der Waals surface area contributed by atoms with Gasteiger partial charge in [-0.05, 0) is 43.7 Å². The minimum Gasteiger partial charge on any atom is -0.465 e. The van der Waals surface area contributed by atoms with Crippen molar-refractivity contribution in [1.29, 1.82) is 0 Å². The number of nitrogens with one attached hydrogen (secondary N) is 3. The zero-order chi connectivity index (χ0) is 26.2. The summed E-state index contributed by atoms with van der Waals surface area (Å²) in [6.07, 6.45) is 4.24. The molecule has 4 rings (SSSR count). The highest BCUT2D eigenvalue weighted by Gasteiger charge is 2.52. The van der Waals surface area contributed by atoms with E-state index >= 15 is 4.39 Å². The Morgan fingerprint density at radius 3 is 2.50 bits per heavy atom. The maximum Gasteiger partial charge on any atom is 0.404 e. The topological polar surface area (TPSA) is 173 Å². The van der Waals surface area contributed by atoms with Crippen molar-refractivity contribution < 1.29 is 19.1 Å². The van der Waals surface area contributed by atoms with E-state index in [2.05, 4.69) is 50.0 Å². The summed E-state index contributed by atoms with van der Waals surface area (Å²) in [6.45, 7) is 7.62. The highest BCUT2D eigenvalue weighted by Crippen LogP contribution is 2.54. The summed E-state index contributed by atoms with van der Waals surface area (Å²) in [4.78, 5) is 33.4. The lowest BCUT2D eigenvalue weighted by atomic mass is 9.98. The Hall–Kier alpha value is -4.29. The maximum atomic E-state index is 15.1. The number of halogens is 1. The Labute approximate surface area is 206 Å². The Kier molecular flexibility index (Phi) is 6.48. The number of amides is 2. The maximum absolute atomic E-state index is 15.1. The van der Waals surface area contributed by atoms with Crippen LogP contribution in [0.25, 0.3) is 5.69 Å². The van der Waals surface area contributed by atoms with Gasteiger partial charge in [-0.25, -0.2) is 14.2 Å². The predicted octanol–water partition coefficient (Wildman–Crippen LogP) is 2.83. The first-order valence-electron chi connectivity index (χ1n) is 11.3. The van der Waals surface area contributed by atoms with E-state index in [0.29, 0.717) is 17.1 Å². The number of anilines is 3. The molecule has 0 radical (unpaired) electrons. The molecule has 6 N–H and O–H groups in total. The van der Waals surface area contributed by atoms with Crippen LogP contribution in [0, 0.1) is 24.1 Å². The van der Waals surface area contributed by atoms with Crippen LogP contribution in [0.3, 0.4) is 0 Å². The Balaban J connectivity index is 1.68. The van der Waals surface area contributed by atoms with Crippen molar-refractivity contribution >= 4 is 29.3 Å². The lowest BCUT2D eigenvalue weighted by Gasteiger charge is -2.27. The average molecular weight is 498 g/mol. The summed E-state index contributed by atoms with van der Waals surface area (Å²) in [5.41, 5.74) is 7.00. The third-order valence-corrected chi connectivity index (χ3v) is 6.41. The third kappa shape index (κ3) is 5.19. The minimum absolute atomic E-state index is 0.0177. The smallest absolute Gasteiger partial charge is 0.404 e. The van der Waals surface area contributed by atoms with E-state index in [9.17, 15) is 14.7 Å². The van der Waals surface area contributed by atoms with Gasteiger partial charge >= 0.3 is 6.09 Å². The summed E-state index contributed by atoms with van der Waals surface area (Å²) >= 11 is 0. The summed E-state index contributed by atoms with van der Waals surface area (Å²) in [7, 11) is 0. The van der Waals surface area contributed by atoms with Gasteiger partial charge < -0.3 is 26.8 Å². The van der Waals surface area contributed by atoms with E-state index in [1.54, 1.807) is 19.9 Å². The van der Waals surface area contributed by atoms with Crippen LogP contribution in [0.15, 0.2) is 30.7 Å². The number of nitrogens with two attached hydrogens (primary N) is 1. The zero-order valence-electron chi connectivity index (χ0n) is 20.3. The van der Waals surface area contributed by atoms with Crippen molar-refractivity contribution in [3.63, 3.8) is 0 Å². The molecule has 3 aromatic rings. The van der Waals surface area contributed by atoms with Gasteiger partial charge in [0.1, 0.15) is 11.5 Å². The molecule has 1 saturated carbocycles. The number of pyridine rings is 2. The first-order valence-corrected chi connectivity index (χ1v) is 11.3. The number of carbonyl (C=O) groups is 2. The van der Waals surface area contributed by atoms with E-state index in [0.717, 1.165) is 12.5 Å². The fourth-order valence-electron chi connectivity index (χ4n) is 4.28. The van der Waals surface area contributed by atoms with E-state index in [-0.39, 0.29) is 28.5 Å². The SMILES string of the molecule is Cc1ncc(Nc2nc(N[C@H]([C@H](C)NC(=O)O)[C@H]3CC3(C)C)c(F)cc2C(N)=O)cc1-n1nccn1. The molecule has 0 unspecified atom stereocenters. The van der Waals surface area contributed by atoms with Crippen molar-refractivity contribution in [2.75, 3.05) is 10.6 Å². The first-order chi connectivity index (χ1) is 17.0. The standard InChI is InChI=1S/C23H28FN9O3/c1-11-17(33-27-5-6-28-33)7-13(10-26-11)30-20-14(19(25)34)8-16(24)21(32-20)31-18(12(2)29-22(35)36)15-9-23(15,3)4/h5-8,10,12,15,18,29H,9H2,1-4H3,(H2,25,34)(H,35,36)(H2,30,31,32)/t12-,15+,18+/m0/s1. The Morgan fingerprint density at radius 2 is 1.92 bits per heavy atom. The fourth-order valence-corrected chi connectivity index (χ4v) is 4.28. The highest BCUT2D eigenvalue weighted by atomic mass is 19.1. The molecule has 36 heavy (non-hydrogen) atoms. The molecule has 2 amide bonds.